The summed E-state index contributed by atoms with van der Waals surface area (Å²) in [6, 6.07) is 20.8. The van der Waals surface area contributed by atoms with Crippen LogP contribution in [0.1, 0.15) is 28.5 Å². The molecule has 27 heavy (non-hydrogen) atoms. The van der Waals surface area contributed by atoms with Gasteiger partial charge in [0.25, 0.3) is 5.91 Å². The summed E-state index contributed by atoms with van der Waals surface area (Å²) in [5.41, 5.74) is 3.04. The highest BCUT2D eigenvalue weighted by atomic mass is 16.2. The molecule has 1 saturated heterocycles. The molecule has 4 rings (SSSR count). The van der Waals surface area contributed by atoms with Crippen LogP contribution in [0.4, 0.5) is 0 Å². The summed E-state index contributed by atoms with van der Waals surface area (Å²) in [5.74, 6) is -0.205. The van der Waals surface area contributed by atoms with Gasteiger partial charge in [-0.3, -0.25) is 14.7 Å². The number of nitrogens with one attached hydrogen (secondary N) is 2. The van der Waals surface area contributed by atoms with Gasteiger partial charge in [-0.1, -0.05) is 60.7 Å². The number of aromatic amines is 1. The second kappa shape index (κ2) is 7.45. The van der Waals surface area contributed by atoms with Crippen molar-refractivity contribution >= 4 is 11.8 Å². The van der Waals surface area contributed by atoms with E-state index in [1.807, 2.05) is 60.7 Å². The van der Waals surface area contributed by atoms with Crippen molar-refractivity contribution in [1.82, 2.24) is 20.4 Å². The molecule has 0 saturated carbocycles. The lowest BCUT2D eigenvalue weighted by atomic mass is 10.0. The van der Waals surface area contributed by atoms with E-state index in [0.717, 1.165) is 16.8 Å². The average molecular weight is 360 g/mol. The minimum atomic E-state index is -0.301. The maximum atomic E-state index is 13.2. The van der Waals surface area contributed by atoms with E-state index in [1.165, 1.54) is 0 Å². The lowest BCUT2D eigenvalue weighted by Gasteiger charge is -2.29. The van der Waals surface area contributed by atoms with Crippen molar-refractivity contribution in [2.24, 2.45) is 0 Å². The Morgan fingerprint density at radius 2 is 1.74 bits per heavy atom. The van der Waals surface area contributed by atoms with Gasteiger partial charge in [-0.05, 0) is 11.6 Å². The maximum absolute atomic E-state index is 13.2. The molecule has 0 bridgehead atoms. The predicted molar refractivity (Wildman–Crippen MR) is 102 cm³/mol. The lowest BCUT2D eigenvalue weighted by Crippen LogP contribution is -2.36. The van der Waals surface area contributed by atoms with E-state index in [4.69, 9.17) is 0 Å². The van der Waals surface area contributed by atoms with Crippen LogP contribution >= 0.6 is 0 Å². The van der Waals surface area contributed by atoms with Gasteiger partial charge in [0, 0.05) is 18.7 Å². The zero-order chi connectivity index (χ0) is 18.6. The van der Waals surface area contributed by atoms with Crippen LogP contribution in [0.25, 0.3) is 11.3 Å². The third kappa shape index (κ3) is 3.60. The molecule has 0 unspecified atom stereocenters. The highest BCUT2D eigenvalue weighted by molar-refractivity contribution is 5.94. The summed E-state index contributed by atoms with van der Waals surface area (Å²) in [4.78, 5) is 27.0. The summed E-state index contributed by atoms with van der Waals surface area (Å²) >= 11 is 0. The van der Waals surface area contributed by atoms with Crippen LogP contribution in [-0.4, -0.2) is 40.0 Å². The molecule has 2 N–H and O–H groups in total. The van der Waals surface area contributed by atoms with Gasteiger partial charge in [-0.2, -0.15) is 5.10 Å². The fraction of sp³-hybridized carbons (Fsp3) is 0.190. The number of amides is 2. The molecular weight excluding hydrogens is 340 g/mol. The molecule has 1 atom stereocenters. The van der Waals surface area contributed by atoms with Crippen LogP contribution in [0.2, 0.25) is 0 Å². The van der Waals surface area contributed by atoms with Gasteiger partial charge in [0.2, 0.25) is 5.91 Å². The summed E-state index contributed by atoms with van der Waals surface area (Å²) < 4.78 is 0. The number of nitrogens with zero attached hydrogens (tertiary/aromatic N) is 2. The minimum Gasteiger partial charge on any atom is -0.354 e. The fourth-order valence-electron chi connectivity index (χ4n) is 3.39. The van der Waals surface area contributed by atoms with Gasteiger partial charge in [-0.15, -0.1) is 0 Å². The molecule has 1 aliphatic rings. The number of carbonyl (C=O) groups is 2. The lowest BCUT2D eigenvalue weighted by molar-refractivity contribution is -0.121. The summed E-state index contributed by atoms with van der Waals surface area (Å²) in [6.45, 7) is 0.886. The van der Waals surface area contributed by atoms with Gasteiger partial charge < -0.3 is 10.2 Å². The Labute approximate surface area is 157 Å². The van der Waals surface area contributed by atoms with Crippen molar-refractivity contribution in [1.29, 1.82) is 0 Å². The molecule has 0 radical (unpaired) electrons. The molecule has 0 aliphatic carbocycles. The van der Waals surface area contributed by atoms with Crippen LogP contribution < -0.4 is 5.32 Å². The largest absolute Gasteiger partial charge is 0.354 e. The molecule has 2 aromatic carbocycles. The highest BCUT2D eigenvalue weighted by Crippen LogP contribution is 2.27. The van der Waals surface area contributed by atoms with E-state index in [1.54, 1.807) is 11.0 Å². The van der Waals surface area contributed by atoms with Gasteiger partial charge in [0.1, 0.15) is 5.69 Å². The fourth-order valence-corrected chi connectivity index (χ4v) is 3.39. The molecule has 2 heterocycles. The van der Waals surface area contributed by atoms with E-state index in [9.17, 15) is 9.59 Å². The number of aromatic nitrogens is 2. The number of H-pyrrole nitrogens is 1. The van der Waals surface area contributed by atoms with Crippen molar-refractivity contribution < 1.29 is 9.59 Å². The zero-order valence-corrected chi connectivity index (χ0v) is 14.8. The number of benzene rings is 2. The van der Waals surface area contributed by atoms with Crippen molar-refractivity contribution in [2.75, 3.05) is 13.1 Å². The number of carbonyl (C=O) groups excluding carboxylic acids is 2. The van der Waals surface area contributed by atoms with Crippen molar-refractivity contribution in [2.45, 2.75) is 12.5 Å². The van der Waals surface area contributed by atoms with Crippen LogP contribution in [0.5, 0.6) is 0 Å². The van der Waals surface area contributed by atoms with E-state index < -0.39 is 0 Å². The van der Waals surface area contributed by atoms with E-state index in [2.05, 4.69) is 15.5 Å². The second-order valence-electron chi connectivity index (χ2n) is 6.51. The highest BCUT2D eigenvalue weighted by Gasteiger charge is 2.31. The van der Waals surface area contributed by atoms with Crippen molar-refractivity contribution in [3.8, 4) is 11.3 Å². The normalized spacial score (nSPS) is 17.3. The number of rotatable bonds is 3. The molecule has 2 amide bonds. The first-order chi connectivity index (χ1) is 13.2. The molecule has 1 aliphatic heterocycles. The summed E-state index contributed by atoms with van der Waals surface area (Å²) in [5, 5.41) is 9.99. The smallest absolute Gasteiger partial charge is 0.272 e. The first-order valence-corrected chi connectivity index (χ1v) is 8.96. The molecule has 1 fully saturated rings. The molecule has 6 heteroatoms. The Morgan fingerprint density at radius 3 is 2.48 bits per heavy atom. The molecular formula is C21H20N4O2. The first-order valence-electron chi connectivity index (χ1n) is 8.96. The van der Waals surface area contributed by atoms with Crippen LogP contribution in [-0.2, 0) is 4.79 Å². The molecule has 1 aromatic heterocycles. The van der Waals surface area contributed by atoms with Gasteiger partial charge >= 0.3 is 0 Å². The quantitative estimate of drug-likeness (QED) is 0.754. The Bertz CT molecular complexity index is 937. The van der Waals surface area contributed by atoms with E-state index in [0.29, 0.717) is 18.8 Å². The predicted octanol–water partition coefficient (Wildman–Crippen LogP) is 2.78. The van der Waals surface area contributed by atoms with Gasteiger partial charge in [0.05, 0.1) is 18.2 Å². The summed E-state index contributed by atoms with van der Waals surface area (Å²) in [7, 11) is 0. The standard InChI is InChI=1S/C21H20N4O2/c26-20-14-19(16-9-5-2-6-10-16)25(12-11-22-20)21(27)18-13-17(23-24-18)15-7-3-1-4-8-15/h1-10,13,19H,11-12,14H2,(H,22,26)(H,23,24)/t19-/m0/s1. The van der Waals surface area contributed by atoms with Gasteiger partial charge in [-0.25, -0.2) is 0 Å². The average Bonchev–Trinajstić information content (AvgIpc) is 3.13. The van der Waals surface area contributed by atoms with Crippen LogP contribution in [0.15, 0.2) is 66.7 Å². The molecule has 0 spiro atoms. The Hall–Kier alpha value is -3.41. The Balaban J connectivity index is 1.64. The third-order valence-electron chi connectivity index (χ3n) is 4.75. The van der Waals surface area contributed by atoms with Crippen molar-refractivity contribution in [3.05, 3.63) is 78.0 Å². The van der Waals surface area contributed by atoms with Crippen LogP contribution in [0.3, 0.4) is 0 Å². The second-order valence-corrected chi connectivity index (χ2v) is 6.51. The molecule has 136 valence electrons. The van der Waals surface area contributed by atoms with Gasteiger partial charge in [0.15, 0.2) is 0 Å². The third-order valence-corrected chi connectivity index (χ3v) is 4.75. The zero-order valence-electron chi connectivity index (χ0n) is 14.8. The molecule has 6 nitrogen and oxygen atoms in total. The monoisotopic (exact) mass is 360 g/mol. The molecule has 3 aromatic rings. The number of hydrogen-bond acceptors (Lipinski definition) is 3. The Morgan fingerprint density at radius 1 is 1.04 bits per heavy atom. The van der Waals surface area contributed by atoms with E-state index >= 15 is 0 Å². The maximum Gasteiger partial charge on any atom is 0.272 e. The Kier molecular flexibility index (Phi) is 4.70. The topological polar surface area (TPSA) is 78.1 Å². The first kappa shape index (κ1) is 17.0. The number of hydrogen-bond donors (Lipinski definition) is 2. The van der Waals surface area contributed by atoms with Crippen LogP contribution in [0, 0.1) is 0 Å². The SMILES string of the molecule is O=C1C[C@@H](c2ccccc2)N(C(=O)c2cc(-c3ccccc3)n[nH]2)CCN1. The van der Waals surface area contributed by atoms with E-state index in [-0.39, 0.29) is 24.3 Å². The minimum absolute atomic E-state index is 0.0475. The summed E-state index contributed by atoms with van der Waals surface area (Å²) in [6.07, 6.45) is 0.245. The van der Waals surface area contributed by atoms with Crippen molar-refractivity contribution in [3.63, 3.8) is 0 Å².